The normalized spacial score (nSPS) is 36.5. The zero-order valence-electron chi connectivity index (χ0n) is 17.7. The minimum Gasteiger partial charge on any atom is -0.477 e. The molecular weight excluding hydrogens is 424 g/mol. The predicted molar refractivity (Wildman–Crippen MR) is 113 cm³/mol. The third-order valence-electron chi connectivity index (χ3n) is 6.84. The number of carbonyl (C=O) groups excluding carboxylic acids is 2. The molecule has 0 aromatic heterocycles. The lowest BCUT2D eigenvalue weighted by atomic mass is 9.79. The van der Waals surface area contributed by atoms with Gasteiger partial charge in [-0.3, -0.25) is 9.59 Å². The first-order chi connectivity index (χ1) is 14.8. The van der Waals surface area contributed by atoms with E-state index in [1.807, 2.05) is 6.92 Å². The number of aliphatic hydroxyl groups excluding tert-OH is 2. The number of piperazine rings is 1. The minimum absolute atomic E-state index is 0.00459. The van der Waals surface area contributed by atoms with Crippen molar-refractivity contribution < 1.29 is 29.7 Å². The van der Waals surface area contributed by atoms with Gasteiger partial charge in [0.15, 0.2) is 0 Å². The average molecular weight is 455 g/mol. The molecule has 1 unspecified atom stereocenters. The van der Waals surface area contributed by atoms with Crippen LogP contribution < -0.4 is 10.6 Å². The molecule has 0 saturated carbocycles. The molecule has 4 heterocycles. The van der Waals surface area contributed by atoms with Gasteiger partial charge < -0.3 is 35.8 Å². The molecule has 0 bridgehead atoms. The second-order valence-electron chi connectivity index (χ2n) is 8.78. The van der Waals surface area contributed by atoms with E-state index in [1.54, 1.807) is 11.8 Å². The van der Waals surface area contributed by atoms with Gasteiger partial charge >= 0.3 is 5.97 Å². The van der Waals surface area contributed by atoms with Gasteiger partial charge in [0, 0.05) is 42.3 Å². The van der Waals surface area contributed by atoms with Crippen molar-refractivity contribution >= 4 is 29.5 Å². The molecule has 3 fully saturated rings. The van der Waals surface area contributed by atoms with Gasteiger partial charge in [-0.15, -0.1) is 11.8 Å². The molecule has 4 aliphatic heterocycles. The van der Waals surface area contributed by atoms with Crippen LogP contribution in [0.25, 0.3) is 0 Å². The summed E-state index contributed by atoms with van der Waals surface area (Å²) in [6, 6.07) is -0.948. The first-order valence-electron chi connectivity index (χ1n) is 10.8. The summed E-state index contributed by atoms with van der Waals surface area (Å²) in [5.41, 5.74) is 0.0154. The lowest BCUT2D eigenvalue weighted by molar-refractivity contribution is -0.163. The Labute approximate surface area is 185 Å². The lowest BCUT2D eigenvalue weighted by Gasteiger charge is -2.46. The Balaban J connectivity index is 1.45. The van der Waals surface area contributed by atoms with E-state index in [2.05, 4.69) is 10.6 Å². The molecule has 3 saturated heterocycles. The summed E-state index contributed by atoms with van der Waals surface area (Å²) < 4.78 is 0. The van der Waals surface area contributed by atoms with E-state index < -0.39 is 18.0 Å². The summed E-state index contributed by atoms with van der Waals surface area (Å²) in [7, 11) is 0. The number of β-lactam (4-membered cyclic amide) rings is 1. The fraction of sp³-hybridized carbons (Fsp3) is 0.750. The van der Waals surface area contributed by atoms with Crippen molar-refractivity contribution in [1.82, 2.24) is 20.4 Å². The van der Waals surface area contributed by atoms with Crippen LogP contribution in [0.15, 0.2) is 10.6 Å². The standard InChI is InChI=1S/C20H30N4O6S/c1-9-15-14(10(2)26)19(28)24(15)16(20(29)30)17(9)31-12-5-13(22-7-12)18(27)23-4-3-21-6-11(23)8-25/h9-15,21-22,25-26H,3-8H2,1-2H3,(H,29,30)/t9-,10-,11?,12+,13+,14-,15-/m1/s1. The molecule has 0 aromatic carbocycles. The van der Waals surface area contributed by atoms with Gasteiger partial charge in [0.05, 0.1) is 36.8 Å². The number of hydrogen-bond acceptors (Lipinski definition) is 8. The monoisotopic (exact) mass is 454 g/mol. The van der Waals surface area contributed by atoms with E-state index in [4.69, 9.17) is 0 Å². The predicted octanol–water partition coefficient (Wildman–Crippen LogP) is -1.60. The number of nitrogens with one attached hydrogen (secondary N) is 2. The molecule has 5 N–H and O–H groups in total. The van der Waals surface area contributed by atoms with Crippen LogP contribution in [-0.2, 0) is 14.4 Å². The summed E-state index contributed by atoms with van der Waals surface area (Å²) in [4.78, 5) is 41.1. The zero-order chi connectivity index (χ0) is 22.4. The highest BCUT2D eigenvalue weighted by Gasteiger charge is 2.60. The molecule has 0 spiro atoms. The maximum Gasteiger partial charge on any atom is 0.353 e. The maximum absolute atomic E-state index is 13.0. The molecule has 11 heteroatoms. The minimum atomic E-state index is -1.14. The second kappa shape index (κ2) is 8.70. The van der Waals surface area contributed by atoms with Gasteiger partial charge in [0.2, 0.25) is 11.8 Å². The lowest BCUT2D eigenvalue weighted by Crippen LogP contribution is -2.63. The molecule has 172 valence electrons. The number of nitrogens with zero attached hydrogens (tertiary/aromatic N) is 2. The maximum atomic E-state index is 13.0. The summed E-state index contributed by atoms with van der Waals surface area (Å²) in [5, 5.41) is 35.7. The highest BCUT2D eigenvalue weighted by atomic mass is 32.2. The number of carboxylic acid groups (broad SMARTS) is 1. The smallest absolute Gasteiger partial charge is 0.353 e. The number of carboxylic acids is 1. The molecule has 4 aliphatic rings. The van der Waals surface area contributed by atoms with E-state index in [0.29, 0.717) is 37.5 Å². The van der Waals surface area contributed by atoms with Crippen LogP contribution in [0.1, 0.15) is 20.3 Å². The van der Waals surface area contributed by atoms with Gasteiger partial charge in [-0.1, -0.05) is 6.92 Å². The Hall–Kier alpha value is -1.66. The Bertz CT molecular complexity index is 805. The van der Waals surface area contributed by atoms with Crippen LogP contribution >= 0.6 is 11.8 Å². The number of fused-ring (bicyclic) bond motifs is 1. The molecule has 0 aromatic rings. The molecule has 0 aliphatic carbocycles. The number of aliphatic hydroxyl groups is 2. The van der Waals surface area contributed by atoms with Gasteiger partial charge in [-0.25, -0.2) is 4.79 Å². The number of thioether (sulfide) groups is 1. The molecule has 2 amide bonds. The van der Waals surface area contributed by atoms with Crippen molar-refractivity contribution in [2.75, 3.05) is 32.8 Å². The van der Waals surface area contributed by atoms with E-state index in [-0.39, 0.29) is 53.4 Å². The van der Waals surface area contributed by atoms with Crippen molar-refractivity contribution in [3.8, 4) is 0 Å². The Morgan fingerprint density at radius 3 is 2.71 bits per heavy atom. The summed E-state index contributed by atoms with van der Waals surface area (Å²) in [6.45, 7) is 5.72. The first kappa shape index (κ1) is 22.5. The van der Waals surface area contributed by atoms with Gasteiger partial charge in [0.1, 0.15) is 5.70 Å². The molecule has 31 heavy (non-hydrogen) atoms. The molecular formula is C20H30N4O6S. The largest absolute Gasteiger partial charge is 0.477 e. The summed E-state index contributed by atoms with van der Waals surface area (Å²) in [5.74, 6) is -2.29. The van der Waals surface area contributed by atoms with E-state index >= 15 is 0 Å². The van der Waals surface area contributed by atoms with Crippen molar-refractivity contribution in [3.63, 3.8) is 0 Å². The summed E-state index contributed by atoms with van der Waals surface area (Å²) >= 11 is 1.43. The molecule has 10 nitrogen and oxygen atoms in total. The fourth-order valence-electron chi connectivity index (χ4n) is 5.25. The van der Waals surface area contributed by atoms with Crippen molar-refractivity contribution in [2.45, 2.75) is 49.7 Å². The number of amides is 2. The number of carbonyl (C=O) groups is 3. The SMILES string of the molecule is C[C@@H](O)[C@H]1C(=O)N2C(C(=O)O)=C(S[C@@H]3CN[C@H](C(=O)N4CCNCC4CO)C3)[C@H](C)[C@H]12. The number of rotatable bonds is 6. The first-order valence-corrected chi connectivity index (χ1v) is 11.6. The zero-order valence-corrected chi connectivity index (χ0v) is 18.5. The van der Waals surface area contributed by atoms with Crippen molar-refractivity contribution in [2.24, 2.45) is 11.8 Å². The van der Waals surface area contributed by atoms with Crippen LogP contribution in [0.5, 0.6) is 0 Å². The van der Waals surface area contributed by atoms with E-state index in [0.717, 1.165) is 0 Å². The van der Waals surface area contributed by atoms with Gasteiger partial charge in [-0.2, -0.15) is 0 Å². The van der Waals surface area contributed by atoms with E-state index in [9.17, 15) is 29.7 Å². The van der Waals surface area contributed by atoms with Crippen LogP contribution in [-0.4, -0.2) is 105 Å². The number of hydrogen-bond donors (Lipinski definition) is 5. The van der Waals surface area contributed by atoms with Gasteiger partial charge in [0.25, 0.3) is 0 Å². The van der Waals surface area contributed by atoms with Crippen LogP contribution in [0.2, 0.25) is 0 Å². The average Bonchev–Trinajstić information content (AvgIpc) is 3.29. The van der Waals surface area contributed by atoms with E-state index in [1.165, 1.54) is 16.7 Å². The number of aliphatic carboxylic acids is 1. The van der Waals surface area contributed by atoms with Crippen LogP contribution in [0, 0.1) is 11.8 Å². The van der Waals surface area contributed by atoms with Crippen molar-refractivity contribution in [3.05, 3.63) is 10.6 Å². The Morgan fingerprint density at radius 2 is 2.06 bits per heavy atom. The Kier molecular flexibility index (Phi) is 6.32. The highest BCUT2D eigenvalue weighted by Crippen LogP contribution is 2.51. The highest BCUT2D eigenvalue weighted by molar-refractivity contribution is 8.03. The third kappa shape index (κ3) is 3.76. The second-order valence-corrected chi connectivity index (χ2v) is 10.1. The topological polar surface area (TPSA) is 142 Å². The van der Waals surface area contributed by atoms with Crippen molar-refractivity contribution in [1.29, 1.82) is 0 Å². The fourth-order valence-corrected chi connectivity index (χ4v) is 6.73. The molecule has 0 radical (unpaired) electrons. The Morgan fingerprint density at radius 1 is 1.32 bits per heavy atom. The molecule has 4 rings (SSSR count). The molecule has 7 atom stereocenters. The van der Waals surface area contributed by atoms with Crippen LogP contribution in [0.3, 0.4) is 0 Å². The summed E-state index contributed by atoms with van der Waals surface area (Å²) in [6.07, 6.45) is -0.281. The van der Waals surface area contributed by atoms with Gasteiger partial charge in [-0.05, 0) is 13.3 Å². The quantitative estimate of drug-likeness (QED) is 0.300. The third-order valence-corrected chi connectivity index (χ3v) is 8.35. The van der Waals surface area contributed by atoms with Crippen LogP contribution in [0.4, 0.5) is 0 Å².